The van der Waals surface area contributed by atoms with Crippen LogP contribution in [0, 0.1) is 5.82 Å². The van der Waals surface area contributed by atoms with E-state index in [0.717, 1.165) is 15.4 Å². The number of hydrogen-bond acceptors (Lipinski definition) is 2. The number of nitrogens with zero attached hydrogens (tertiary/aromatic N) is 1. The summed E-state index contributed by atoms with van der Waals surface area (Å²) in [5, 5.41) is 10.8. The van der Waals surface area contributed by atoms with E-state index >= 15 is 0 Å². The van der Waals surface area contributed by atoms with Crippen molar-refractivity contribution < 1.29 is 9.50 Å². The molecule has 5 heteroatoms. The van der Waals surface area contributed by atoms with Crippen LogP contribution in [0.4, 0.5) is 4.39 Å². The topological polar surface area (TPSA) is 48.4 Å². The van der Waals surface area contributed by atoms with Gasteiger partial charge in [0.15, 0.2) is 5.88 Å². The summed E-state index contributed by atoms with van der Waals surface area (Å²) in [7, 11) is 0. The Morgan fingerprint density at radius 3 is 2.86 bits per heavy atom. The molecule has 0 amide bonds. The van der Waals surface area contributed by atoms with Crippen molar-refractivity contribution in [1.82, 2.24) is 4.98 Å². The van der Waals surface area contributed by atoms with Crippen molar-refractivity contribution >= 4 is 33.0 Å². The molecule has 0 aliphatic rings. The summed E-state index contributed by atoms with van der Waals surface area (Å²) < 4.78 is 14.4. The molecule has 0 unspecified atom stereocenters. The summed E-state index contributed by atoms with van der Waals surface area (Å²) in [6.45, 7) is 0.229. The molecule has 0 spiro atoms. The van der Waals surface area contributed by atoms with Gasteiger partial charge >= 0.3 is 0 Å². The van der Waals surface area contributed by atoms with E-state index in [-0.39, 0.29) is 18.2 Å². The minimum absolute atomic E-state index is 0.0559. The van der Waals surface area contributed by atoms with E-state index in [9.17, 15) is 9.50 Å². The molecule has 0 fully saturated rings. The third-order valence-corrected chi connectivity index (χ3v) is 3.71. The molecular weight excluding hydrogens is 335 g/mol. The molecule has 2 aromatic carbocycles. The molecule has 2 N–H and O–H groups in total. The van der Waals surface area contributed by atoms with Crippen LogP contribution in [0.5, 0.6) is 5.88 Å². The molecular formula is C16H12BrFN2O. The van der Waals surface area contributed by atoms with Crippen molar-refractivity contribution in [3.8, 4) is 5.88 Å². The highest BCUT2D eigenvalue weighted by atomic mass is 79.9. The Morgan fingerprint density at radius 1 is 1.24 bits per heavy atom. The van der Waals surface area contributed by atoms with Crippen LogP contribution in [0.15, 0.2) is 51.9 Å². The average molecular weight is 347 g/mol. The van der Waals surface area contributed by atoms with Crippen LogP contribution in [0.25, 0.3) is 10.9 Å². The SMILES string of the molecule is Oc1[nH]c2ccc(Br)cc2c1C=NCc1ccccc1F. The summed E-state index contributed by atoms with van der Waals surface area (Å²) in [5.41, 5.74) is 1.94. The Kier molecular flexibility index (Phi) is 3.75. The number of halogens is 2. The van der Waals surface area contributed by atoms with Crippen molar-refractivity contribution in [2.45, 2.75) is 6.54 Å². The van der Waals surface area contributed by atoms with Gasteiger partial charge in [0, 0.05) is 27.2 Å². The molecule has 0 saturated heterocycles. The normalized spacial score (nSPS) is 11.5. The lowest BCUT2D eigenvalue weighted by Gasteiger charge is -1.98. The third kappa shape index (κ3) is 2.83. The predicted molar refractivity (Wildman–Crippen MR) is 85.4 cm³/mol. The Labute approximate surface area is 129 Å². The van der Waals surface area contributed by atoms with Gasteiger partial charge in [0.05, 0.1) is 12.1 Å². The first-order valence-electron chi connectivity index (χ1n) is 6.38. The number of aliphatic imine (C=N–C) groups is 1. The maximum Gasteiger partial charge on any atom is 0.198 e. The van der Waals surface area contributed by atoms with E-state index in [1.807, 2.05) is 18.2 Å². The summed E-state index contributed by atoms with van der Waals surface area (Å²) >= 11 is 3.40. The van der Waals surface area contributed by atoms with Gasteiger partial charge in [-0.2, -0.15) is 0 Å². The molecule has 0 aliphatic heterocycles. The molecule has 106 valence electrons. The number of aromatic hydroxyl groups is 1. The van der Waals surface area contributed by atoms with Crippen molar-refractivity contribution in [3.63, 3.8) is 0 Å². The quantitative estimate of drug-likeness (QED) is 0.678. The second-order valence-corrected chi connectivity index (χ2v) is 5.55. The highest BCUT2D eigenvalue weighted by Crippen LogP contribution is 2.28. The van der Waals surface area contributed by atoms with Gasteiger partial charge in [0.2, 0.25) is 0 Å². The maximum atomic E-state index is 13.5. The number of rotatable bonds is 3. The maximum absolute atomic E-state index is 13.5. The second-order valence-electron chi connectivity index (χ2n) is 4.64. The molecule has 1 aromatic heterocycles. The summed E-state index contributed by atoms with van der Waals surface area (Å²) in [5.74, 6) is -0.221. The minimum Gasteiger partial charge on any atom is -0.494 e. The highest BCUT2D eigenvalue weighted by molar-refractivity contribution is 9.10. The molecule has 3 rings (SSSR count). The fourth-order valence-electron chi connectivity index (χ4n) is 2.16. The number of aromatic nitrogens is 1. The van der Waals surface area contributed by atoms with Crippen LogP contribution >= 0.6 is 15.9 Å². The number of hydrogen-bond donors (Lipinski definition) is 2. The summed E-state index contributed by atoms with van der Waals surface area (Å²) in [4.78, 5) is 7.11. The first-order chi connectivity index (χ1) is 10.1. The molecule has 3 nitrogen and oxygen atoms in total. The predicted octanol–water partition coefficient (Wildman–Crippen LogP) is 4.39. The summed E-state index contributed by atoms with van der Waals surface area (Å²) in [6, 6.07) is 12.2. The van der Waals surface area contributed by atoms with Gasteiger partial charge < -0.3 is 10.1 Å². The van der Waals surface area contributed by atoms with Crippen LogP contribution in [-0.2, 0) is 6.54 Å². The lowest BCUT2D eigenvalue weighted by Crippen LogP contribution is -1.88. The Hall–Kier alpha value is -2.14. The monoisotopic (exact) mass is 346 g/mol. The van der Waals surface area contributed by atoms with Crippen LogP contribution in [0.3, 0.4) is 0 Å². The van der Waals surface area contributed by atoms with E-state index in [0.29, 0.717) is 11.1 Å². The average Bonchev–Trinajstić information content (AvgIpc) is 2.77. The molecule has 0 radical (unpaired) electrons. The minimum atomic E-state index is -0.277. The standard InChI is InChI=1S/C16H12BrFN2O/c17-11-5-6-15-12(7-11)13(16(21)20-15)9-19-8-10-3-1-2-4-14(10)18/h1-7,9,20-21H,8H2. The molecule has 21 heavy (non-hydrogen) atoms. The molecule has 0 atom stereocenters. The largest absolute Gasteiger partial charge is 0.494 e. The van der Waals surface area contributed by atoms with Crippen LogP contribution in [-0.4, -0.2) is 16.3 Å². The zero-order valence-electron chi connectivity index (χ0n) is 11.0. The Bertz CT molecular complexity index is 826. The fourth-order valence-corrected chi connectivity index (χ4v) is 2.52. The fraction of sp³-hybridized carbons (Fsp3) is 0.0625. The van der Waals surface area contributed by atoms with Gasteiger partial charge in [-0.05, 0) is 24.3 Å². The first kappa shape index (κ1) is 13.8. The Balaban J connectivity index is 1.91. The van der Waals surface area contributed by atoms with E-state index in [2.05, 4.69) is 25.9 Å². The van der Waals surface area contributed by atoms with Crippen LogP contribution in [0.1, 0.15) is 11.1 Å². The van der Waals surface area contributed by atoms with Crippen LogP contribution in [0.2, 0.25) is 0 Å². The zero-order chi connectivity index (χ0) is 14.8. The lowest BCUT2D eigenvalue weighted by atomic mass is 10.2. The van der Waals surface area contributed by atoms with Crippen molar-refractivity contribution in [2.75, 3.05) is 0 Å². The van der Waals surface area contributed by atoms with E-state index in [1.54, 1.807) is 24.4 Å². The van der Waals surface area contributed by atoms with Gasteiger partial charge in [-0.25, -0.2) is 4.39 Å². The van der Waals surface area contributed by atoms with Gasteiger partial charge in [0.1, 0.15) is 5.82 Å². The number of H-pyrrole nitrogens is 1. The van der Waals surface area contributed by atoms with E-state index in [1.165, 1.54) is 6.07 Å². The molecule has 1 heterocycles. The zero-order valence-corrected chi connectivity index (χ0v) is 12.6. The van der Waals surface area contributed by atoms with Gasteiger partial charge in [-0.15, -0.1) is 0 Å². The molecule has 3 aromatic rings. The molecule has 0 saturated carbocycles. The third-order valence-electron chi connectivity index (χ3n) is 3.22. The number of aromatic amines is 1. The number of nitrogens with one attached hydrogen (secondary N) is 1. The van der Waals surface area contributed by atoms with Crippen molar-refractivity contribution in [3.05, 3.63) is 63.9 Å². The van der Waals surface area contributed by atoms with Crippen LogP contribution < -0.4 is 0 Å². The molecule has 0 aliphatic carbocycles. The Morgan fingerprint density at radius 2 is 2.05 bits per heavy atom. The van der Waals surface area contributed by atoms with E-state index < -0.39 is 0 Å². The number of fused-ring (bicyclic) bond motifs is 1. The smallest absolute Gasteiger partial charge is 0.198 e. The van der Waals surface area contributed by atoms with E-state index in [4.69, 9.17) is 0 Å². The molecule has 0 bridgehead atoms. The van der Waals surface area contributed by atoms with Gasteiger partial charge in [-0.3, -0.25) is 4.99 Å². The second kappa shape index (κ2) is 5.69. The first-order valence-corrected chi connectivity index (χ1v) is 7.18. The van der Waals surface area contributed by atoms with Gasteiger partial charge in [-0.1, -0.05) is 34.1 Å². The number of benzene rings is 2. The van der Waals surface area contributed by atoms with Gasteiger partial charge in [0.25, 0.3) is 0 Å². The summed E-state index contributed by atoms with van der Waals surface area (Å²) in [6.07, 6.45) is 1.56. The lowest BCUT2D eigenvalue weighted by molar-refractivity contribution is 0.457. The highest BCUT2D eigenvalue weighted by Gasteiger charge is 2.09. The van der Waals surface area contributed by atoms with Crippen molar-refractivity contribution in [2.24, 2.45) is 4.99 Å². The van der Waals surface area contributed by atoms with Crippen molar-refractivity contribution in [1.29, 1.82) is 0 Å².